The molecule has 0 spiro atoms. The van der Waals surface area contributed by atoms with Crippen LogP contribution in [0.3, 0.4) is 0 Å². The van der Waals surface area contributed by atoms with Crippen LogP contribution in [0.2, 0.25) is 0 Å². The quantitative estimate of drug-likeness (QED) is 0.540. The molecule has 66 valence electrons. The van der Waals surface area contributed by atoms with Gasteiger partial charge in [0.05, 0.1) is 11.1 Å². The number of aromatic amines is 2. The molecule has 0 aliphatic carbocycles. The number of imidazole rings is 1. The van der Waals surface area contributed by atoms with E-state index >= 15 is 0 Å². The molecule has 6 nitrogen and oxygen atoms in total. The van der Waals surface area contributed by atoms with Gasteiger partial charge in [0, 0.05) is 6.20 Å². The molecule has 0 atom stereocenters. The SMILES string of the molecule is NC(=O)c1ccnc2[nH]c(=O)[nH]c12. The number of H-pyrrole nitrogens is 2. The smallest absolute Gasteiger partial charge is 0.325 e. The van der Waals surface area contributed by atoms with E-state index in [1.54, 1.807) is 0 Å². The molecule has 0 aliphatic heterocycles. The van der Waals surface area contributed by atoms with Gasteiger partial charge in [0.25, 0.3) is 5.91 Å². The molecule has 0 bridgehead atoms. The van der Waals surface area contributed by atoms with E-state index in [0.29, 0.717) is 11.2 Å². The lowest BCUT2D eigenvalue weighted by Gasteiger charge is -1.94. The summed E-state index contributed by atoms with van der Waals surface area (Å²) in [7, 11) is 0. The molecule has 0 saturated heterocycles. The number of hydrogen-bond donors (Lipinski definition) is 3. The van der Waals surface area contributed by atoms with Crippen LogP contribution in [-0.2, 0) is 0 Å². The highest BCUT2D eigenvalue weighted by Gasteiger charge is 2.08. The van der Waals surface area contributed by atoms with Gasteiger partial charge in [-0.15, -0.1) is 0 Å². The van der Waals surface area contributed by atoms with Gasteiger partial charge in [-0.05, 0) is 6.07 Å². The fraction of sp³-hybridized carbons (Fsp3) is 0. The van der Waals surface area contributed by atoms with Crippen LogP contribution in [0, 0.1) is 0 Å². The summed E-state index contributed by atoms with van der Waals surface area (Å²) in [5, 5.41) is 0. The predicted molar refractivity (Wildman–Crippen MR) is 45.2 cm³/mol. The second kappa shape index (κ2) is 2.44. The molecular formula is C7H6N4O2. The van der Waals surface area contributed by atoms with Crippen molar-refractivity contribution in [1.82, 2.24) is 15.0 Å². The number of aromatic nitrogens is 3. The second-order valence-corrected chi connectivity index (χ2v) is 2.53. The molecule has 0 aromatic carbocycles. The van der Waals surface area contributed by atoms with Gasteiger partial charge in [0.2, 0.25) is 0 Å². The van der Waals surface area contributed by atoms with Crippen LogP contribution < -0.4 is 11.4 Å². The van der Waals surface area contributed by atoms with Crippen molar-refractivity contribution >= 4 is 17.1 Å². The molecule has 2 rings (SSSR count). The van der Waals surface area contributed by atoms with E-state index in [2.05, 4.69) is 15.0 Å². The zero-order valence-corrected chi connectivity index (χ0v) is 6.50. The third-order valence-electron chi connectivity index (χ3n) is 1.69. The number of nitrogens with zero attached hydrogens (tertiary/aromatic N) is 1. The molecule has 2 aromatic heterocycles. The van der Waals surface area contributed by atoms with E-state index in [1.165, 1.54) is 12.3 Å². The van der Waals surface area contributed by atoms with E-state index in [4.69, 9.17) is 5.73 Å². The summed E-state index contributed by atoms with van der Waals surface area (Å²) >= 11 is 0. The lowest BCUT2D eigenvalue weighted by atomic mass is 10.2. The highest BCUT2D eigenvalue weighted by Crippen LogP contribution is 2.08. The summed E-state index contributed by atoms with van der Waals surface area (Å²) in [5.41, 5.74) is 5.62. The van der Waals surface area contributed by atoms with Crippen LogP contribution in [-0.4, -0.2) is 20.9 Å². The van der Waals surface area contributed by atoms with Gasteiger partial charge in [-0.1, -0.05) is 0 Å². The Bertz CT molecular complexity index is 525. The summed E-state index contributed by atoms with van der Waals surface area (Å²) in [6.07, 6.45) is 1.41. The fourth-order valence-electron chi connectivity index (χ4n) is 1.14. The van der Waals surface area contributed by atoms with Crippen molar-refractivity contribution in [3.8, 4) is 0 Å². The third-order valence-corrected chi connectivity index (χ3v) is 1.69. The first-order chi connectivity index (χ1) is 6.18. The maximum atomic E-state index is 10.9. The minimum Gasteiger partial charge on any atom is -0.366 e. The number of rotatable bonds is 1. The van der Waals surface area contributed by atoms with Gasteiger partial charge >= 0.3 is 5.69 Å². The standard InChI is InChI=1S/C7H6N4O2/c8-5(12)3-1-2-9-6-4(3)10-7(13)11-6/h1-2H,(H2,8,12)(H2,9,10,11,13). The zero-order valence-electron chi connectivity index (χ0n) is 6.50. The molecule has 0 radical (unpaired) electrons. The fourth-order valence-corrected chi connectivity index (χ4v) is 1.14. The number of fused-ring (bicyclic) bond motifs is 1. The Kier molecular flexibility index (Phi) is 1.42. The van der Waals surface area contributed by atoms with Gasteiger partial charge in [0.1, 0.15) is 0 Å². The molecular weight excluding hydrogens is 172 g/mol. The van der Waals surface area contributed by atoms with Crippen LogP contribution in [0.25, 0.3) is 11.2 Å². The highest BCUT2D eigenvalue weighted by molar-refractivity contribution is 6.02. The van der Waals surface area contributed by atoms with Crippen LogP contribution in [0.15, 0.2) is 17.1 Å². The Hall–Kier alpha value is -2.11. The largest absolute Gasteiger partial charge is 0.366 e. The second-order valence-electron chi connectivity index (χ2n) is 2.53. The Morgan fingerprint density at radius 1 is 1.46 bits per heavy atom. The lowest BCUT2D eigenvalue weighted by Crippen LogP contribution is -2.11. The van der Waals surface area contributed by atoms with E-state index < -0.39 is 11.6 Å². The van der Waals surface area contributed by atoms with E-state index in [9.17, 15) is 9.59 Å². The molecule has 2 heterocycles. The molecule has 13 heavy (non-hydrogen) atoms. The van der Waals surface area contributed by atoms with E-state index in [-0.39, 0.29) is 5.56 Å². The maximum absolute atomic E-state index is 10.9. The maximum Gasteiger partial charge on any atom is 0.325 e. The number of primary amides is 1. The van der Waals surface area contributed by atoms with Crippen LogP contribution in [0.4, 0.5) is 0 Å². The van der Waals surface area contributed by atoms with Crippen LogP contribution in [0.1, 0.15) is 10.4 Å². The molecule has 0 saturated carbocycles. The number of pyridine rings is 1. The Morgan fingerprint density at radius 2 is 2.23 bits per heavy atom. The summed E-state index contributed by atoms with van der Waals surface area (Å²) in [6, 6.07) is 1.45. The topological polar surface area (TPSA) is 105 Å². The summed E-state index contributed by atoms with van der Waals surface area (Å²) in [4.78, 5) is 30.5. The van der Waals surface area contributed by atoms with Crippen molar-refractivity contribution in [2.75, 3.05) is 0 Å². The van der Waals surface area contributed by atoms with Crippen molar-refractivity contribution in [1.29, 1.82) is 0 Å². The number of hydrogen-bond acceptors (Lipinski definition) is 3. The van der Waals surface area contributed by atoms with Crippen LogP contribution in [0.5, 0.6) is 0 Å². The summed E-state index contributed by atoms with van der Waals surface area (Å²) < 4.78 is 0. The van der Waals surface area contributed by atoms with Gasteiger partial charge in [-0.3, -0.25) is 9.78 Å². The van der Waals surface area contributed by atoms with Crippen LogP contribution >= 0.6 is 0 Å². The number of amides is 1. The normalized spacial score (nSPS) is 10.5. The first-order valence-electron chi connectivity index (χ1n) is 3.55. The predicted octanol–water partition coefficient (Wildman–Crippen LogP) is -0.650. The first-order valence-corrected chi connectivity index (χ1v) is 3.55. The third kappa shape index (κ3) is 1.08. The number of nitrogens with one attached hydrogen (secondary N) is 2. The van der Waals surface area contributed by atoms with Gasteiger partial charge < -0.3 is 10.7 Å². The molecule has 0 aliphatic rings. The molecule has 1 amide bonds. The van der Waals surface area contributed by atoms with Gasteiger partial charge in [-0.25, -0.2) is 9.78 Å². The monoisotopic (exact) mass is 178 g/mol. The molecule has 0 unspecified atom stereocenters. The molecule has 6 heteroatoms. The van der Waals surface area contributed by atoms with Crippen molar-refractivity contribution in [2.24, 2.45) is 5.73 Å². The minimum absolute atomic E-state index is 0.253. The zero-order chi connectivity index (χ0) is 9.42. The number of nitrogens with two attached hydrogens (primary N) is 1. The first kappa shape index (κ1) is 7.53. The van der Waals surface area contributed by atoms with Gasteiger partial charge in [-0.2, -0.15) is 0 Å². The Labute approximate surface area is 71.8 Å². The molecule has 2 aromatic rings. The van der Waals surface area contributed by atoms with Crippen molar-refractivity contribution < 1.29 is 4.79 Å². The number of carbonyl (C=O) groups is 1. The summed E-state index contributed by atoms with van der Waals surface area (Å²) in [5.74, 6) is -0.595. The van der Waals surface area contributed by atoms with Crippen molar-refractivity contribution in [2.45, 2.75) is 0 Å². The van der Waals surface area contributed by atoms with Crippen molar-refractivity contribution in [3.05, 3.63) is 28.3 Å². The lowest BCUT2D eigenvalue weighted by molar-refractivity contribution is 0.100. The number of carbonyl (C=O) groups excluding carboxylic acids is 1. The average Bonchev–Trinajstić information content (AvgIpc) is 2.43. The van der Waals surface area contributed by atoms with Gasteiger partial charge in [0.15, 0.2) is 5.65 Å². The average molecular weight is 178 g/mol. The molecule has 4 N–H and O–H groups in total. The Morgan fingerprint density at radius 3 is 2.92 bits per heavy atom. The van der Waals surface area contributed by atoms with E-state index in [0.717, 1.165) is 0 Å². The molecule has 0 fully saturated rings. The minimum atomic E-state index is -0.595. The van der Waals surface area contributed by atoms with E-state index in [1.807, 2.05) is 0 Å². The Balaban J connectivity index is 2.90. The summed E-state index contributed by atoms with van der Waals surface area (Å²) in [6.45, 7) is 0. The highest BCUT2D eigenvalue weighted by atomic mass is 16.1. The van der Waals surface area contributed by atoms with Crippen molar-refractivity contribution in [3.63, 3.8) is 0 Å².